The Bertz CT molecular complexity index is 849. The van der Waals surface area contributed by atoms with Gasteiger partial charge in [-0.1, -0.05) is 65.0 Å². The second-order valence-corrected chi connectivity index (χ2v) is 10.3. The van der Waals surface area contributed by atoms with Crippen LogP contribution in [0.25, 0.3) is 0 Å². The van der Waals surface area contributed by atoms with Gasteiger partial charge in [0.15, 0.2) is 0 Å². The molecule has 2 amide bonds. The first-order chi connectivity index (χ1) is 15.0. The van der Waals surface area contributed by atoms with Crippen LogP contribution in [0, 0.1) is 18.3 Å². The molecule has 0 aliphatic heterocycles. The van der Waals surface area contributed by atoms with Gasteiger partial charge in [-0.2, -0.15) is 0 Å². The van der Waals surface area contributed by atoms with Crippen LogP contribution in [0.4, 0.5) is 0 Å². The standard InChI is InChI=1S/C27H40N2O3/c1-21(2)14-16-29(25(30)18-27(4,5)6)20-26(31)28(19-24-13-12-22(3)32-24)17-15-23-10-8-7-9-11-23/h7-13,21H,14-20H2,1-6H3. The molecule has 1 aromatic carbocycles. The van der Waals surface area contributed by atoms with Gasteiger partial charge in [0.2, 0.25) is 11.8 Å². The molecular weight excluding hydrogens is 400 g/mol. The molecule has 5 nitrogen and oxygen atoms in total. The highest BCUT2D eigenvalue weighted by Crippen LogP contribution is 2.21. The van der Waals surface area contributed by atoms with Crippen molar-refractivity contribution in [2.75, 3.05) is 19.6 Å². The molecule has 0 aliphatic rings. The number of rotatable bonds is 11. The first kappa shape index (κ1) is 25.7. The molecule has 0 saturated carbocycles. The summed E-state index contributed by atoms with van der Waals surface area (Å²) >= 11 is 0. The van der Waals surface area contributed by atoms with E-state index in [2.05, 4.69) is 46.8 Å². The van der Waals surface area contributed by atoms with E-state index >= 15 is 0 Å². The van der Waals surface area contributed by atoms with E-state index in [1.54, 1.807) is 4.90 Å². The van der Waals surface area contributed by atoms with Gasteiger partial charge >= 0.3 is 0 Å². The van der Waals surface area contributed by atoms with Gasteiger partial charge < -0.3 is 14.2 Å². The highest BCUT2D eigenvalue weighted by Gasteiger charge is 2.25. The van der Waals surface area contributed by atoms with Crippen molar-refractivity contribution in [3.63, 3.8) is 0 Å². The fourth-order valence-corrected chi connectivity index (χ4v) is 3.49. The van der Waals surface area contributed by atoms with E-state index in [1.165, 1.54) is 5.56 Å². The lowest BCUT2D eigenvalue weighted by atomic mass is 9.91. The van der Waals surface area contributed by atoms with Crippen LogP contribution in [0.15, 0.2) is 46.9 Å². The Balaban J connectivity index is 2.14. The zero-order chi connectivity index (χ0) is 23.7. The number of hydrogen-bond donors (Lipinski definition) is 0. The van der Waals surface area contributed by atoms with Gasteiger partial charge in [0.25, 0.3) is 0 Å². The van der Waals surface area contributed by atoms with Crippen LogP contribution in [0.3, 0.4) is 0 Å². The minimum atomic E-state index is -0.116. The maximum Gasteiger partial charge on any atom is 0.242 e. The number of hydrogen-bond acceptors (Lipinski definition) is 3. The van der Waals surface area contributed by atoms with Gasteiger partial charge in [-0.25, -0.2) is 0 Å². The number of amides is 2. The van der Waals surface area contributed by atoms with E-state index in [1.807, 2.05) is 42.2 Å². The number of furan rings is 1. The highest BCUT2D eigenvalue weighted by molar-refractivity contribution is 5.85. The molecule has 0 fully saturated rings. The van der Waals surface area contributed by atoms with Crippen molar-refractivity contribution in [3.8, 4) is 0 Å². The van der Waals surface area contributed by atoms with Gasteiger partial charge in [-0.05, 0) is 48.8 Å². The zero-order valence-corrected chi connectivity index (χ0v) is 20.7. The van der Waals surface area contributed by atoms with Crippen LogP contribution in [0.2, 0.25) is 0 Å². The summed E-state index contributed by atoms with van der Waals surface area (Å²) in [7, 11) is 0. The van der Waals surface area contributed by atoms with Crippen molar-refractivity contribution in [1.82, 2.24) is 9.80 Å². The molecule has 5 heteroatoms. The van der Waals surface area contributed by atoms with Gasteiger partial charge in [-0.15, -0.1) is 0 Å². The molecule has 0 radical (unpaired) electrons. The Labute approximate surface area is 193 Å². The van der Waals surface area contributed by atoms with Crippen LogP contribution >= 0.6 is 0 Å². The maximum atomic E-state index is 13.4. The molecule has 0 saturated heterocycles. The Hall–Kier alpha value is -2.56. The van der Waals surface area contributed by atoms with Gasteiger partial charge in [0.1, 0.15) is 11.5 Å². The molecule has 32 heavy (non-hydrogen) atoms. The number of carbonyl (C=O) groups excluding carboxylic acids is 2. The van der Waals surface area contributed by atoms with Crippen molar-refractivity contribution < 1.29 is 14.0 Å². The monoisotopic (exact) mass is 440 g/mol. The average molecular weight is 441 g/mol. The molecule has 2 aromatic rings. The number of aryl methyl sites for hydroxylation is 1. The lowest BCUT2D eigenvalue weighted by Crippen LogP contribution is -2.44. The smallest absolute Gasteiger partial charge is 0.242 e. The van der Waals surface area contributed by atoms with Crippen LogP contribution in [0.1, 0.15) is 64.5 Å². The van der Waals surface area contributed by atoms with E-state index in [4.69, 9.17) is 4.42 Å². The fourth-order valence-electron chi connectivity index (χ4n) is 3.49. The van der Waals surface area contributed by atoms with E-state index in [0.29, 0.717) is 32.0 Å². The molecule has 0 spiro atoms. The normalized spacial score (nSPS) is 11.6. The van der Waals surface area contributed by atoms with Crippen LogP contribution in [0.5, 0.6) is 0 Å². The first-order valence-corrected chi connectivity index (χ1v) is 11.7. The third-order valence-corrected chi connectivity index (χ3v) is 5.35. The summed E-state index contributed by atoms with van der Waals surface area (Å²) in [4.78, 5) is 30.0. The summed E-state index contributed by atoms with van der Waals surface area (Å²) in [6, 6.07) is 14.0. The topological polar surface area (TPSA) is 53.8 Å². The first-order valence-electron chi connectivity index (χ1n) is 11.7. The van der Waals surface area contributed by atoms with Crippen molar-refractivity contribution in [2.45, 2.75) is 67.3 Å². The third kappa shape index (κ3) is 9.29. The van der Waals surface area contributed by atoms with E-state index in [9.17, 15) is 9.59 Å². The largest absolute Gasteiger partial charge is 0.464 e. The second-order valence-electron chi connectivity index (χ2n) is 10.3. The van der Waals surface area contributed by atoms with Crippen LogP contribution in [-0.2, 0) is 22.6 Å². The van der Waals surface area contributed by atoms with Crippen molar-refractivity contribution in [3.05, 3.63) is 59.5 Å². The second kappa shape index (κ2) is 11.9. The molecule has 2 rings (SSSR count). The fraction of sp³-hybridized carbons (Fsp3) is 0.556. The summed E-state index contributed by atoms with van der Waals surface area (Å²) in [6.07, 6.45) is 2.07. The summed E-state index contributed by atoms with van der Waals surface area (Å²) < 4.78 is 5.74. The van der Waals surface area contributed by atoms with Crippen LogP contribution in [-0.4, -0.2) is 41.2 Å². The summed E-state index contributed by atoms with van der Waals surface area (Å²) in [5.41, 5.74) is 1.07. The molecule has 1 aromatic heterocycles. The Morgan fingerprint density at radius 2 is 1.62 bits per heavy atom. The summed E-state index contributed by atoms with van der Waals surface area (Å²) in [5, 5.41) is 0. The number of nitrogens with zero attached hydrogens (tertiary/aromatic N) is 2. The van der Waals surface area contributed by atoms with Crippen molar-refractivity contribution >= 4 is 11.8 Å². The third-order valence-electron chi connectivity index (χ3n) is 5.35. The maximum absolute atomic E-state index is 13.4. The van der Waals surface area contributed by atoms with E-state index < -0.39 is 0 Å². The molecule has 0 aliphatic carbocycles. The number of carbonyl (C=O) groups is 2. The van der Waals surface area contributed by atoms with E-state index in [-0.39, 0.29) is 23.8 Å². The van der Waals surface area contributed by atoms with E-state index in [0.717, 1.165) is 24.4 Å². The molecule has 0 N–H and O–H groups in total. The molecule has 0 bridgehead atoms. The summed E-state index contributed by atoms with van der Waals surface area (Å²) in [6.45, 7) is 14.0. The Morgan fingerprint density at radius 3 is 2.19 bits per heavy atom. The number of benzene rings is 1. The molecule has 1 heterocycles. The molecular formula is C27H40N2O3. The Kier molecular flexibility index (Phi) is 9.55. The SMILES string of the molecule is Cc1ccc(CN(CCc2ccccc2)C(=O)CN(CCC(C)C)C(=O)CC(C)(C)C)o1. The predicted molar refractivity (Wildman–Crippen MR) is 129 cm³/mol. The minimum absolute atomic E-state index is 0.0407. The van der Waals surface area contributed by atoms with Crippen LogP contribution < -0.4 is 0 Å². The summed E-state index contributed by atoms with van der Waals surface area (Å²) in [5.74, 6) is 2.06. The Morgan fingerprint density at radius 1 is 0.938 bits per heavy atom. The van der Waals surface area contributed by atoms with Gasteiger partial charge in [0, 0.05) is 19.5 Å². The lowest BCUT2D eigenvalue weighted by Gasteiger charge is -2.30. The average Bonchev–Trinajstić information content (AvgIpc) is 3.12. The predicted octanol–water partition coefficient (Wildman–Crippen LogP) is 5.47. The molecule has 176 valence electrons. The quantitative estimate of drug-likeness (QED) is 0.465. The lowest BCUT2D eigenvalue weighted by molar-refractivity contribution is -0.142. The minimum Gasteiger partial charge on any atom is -0.464 e. The van der Waals surface area contributed by atoms with Gasteiger partial charge in [-0.3, -0.25) is 9.59 Å². The molecule has 0 unspecified atom stereocenters. The van der Waals surface area contributed by atoms with Gasteiger partial charge in [0.05, 0.1) is 13.1 Å². The molecule has 0 atom stereocenters. The van der Waals surface area contributed by atoms with Crippen molar-refractivity contribution in [2.24, 2.45) is 11.3 Å². The van der Waals surface area contributed by atoms with Crippen molar-refractivity contribution in [1.29, 1.82) is 0 Å². The zero-order valence-electron chi connectivity index (χ0n) is 20.7. The highest BCUT2D eigenvalue weighted by atomic mass is 16.3.